The number of carbonyl (C=O) groups excluding carboxylic acids is 1. The lowest BCUT2D eigenvalue weighted by Crippen LogP contribution is -2.54. The maximum atomic E-state index is 12.5. The highest BCUT2D eigenvalue weighted by molar-refractivity contribution is 5.85. The van der Waals surface area contributed by atoms with Gasteiger partial charge in [0, 0.05) is 25.6 Å². The number of nitrogens with two attached hydrogens (primary N) is 1. The van der Waals surface area contributed by atoms with E-state index in [1.165, 1.54) is 0 Å². The van der Waals surface area contributed by atoms with Crippen molar-refractivity contribution < 1.29 is 14.3 Å². The number of likely N-dealkylation sites (tertiary alicyclic amines) is 1. The zero-order valence-corrected chi connectivity index (χ0v) is 15.8. The molecule has 1 aliphatic rings. The first-order valence-electron chi connectivity index (χ1n) is 8.11. The average molecular weight is 357 g/mol. The molecule has 1 unspecified atom stereocenters. The molecule has 24 heavy (non-hydrogen) atoms. The van der Waals surface area contributed by atoms with E-state index in [1.807, 2.05) is 23.1 Å². The molecular formula is C18H29ClN2O3. The quantitative estimate of drug-likeness (QED) is 0.880. The third-order valence-electron chi connectivity index (χ3n) is 4.74. The second-order valence-electron chi connectivity index (χ2n) is 6.89. The molecule has 6 heteroatoms. The fourth-order valence-electron chi connectivity index (χ4n) is 3.03. The summed E-state index contributed by atoms with van der Waals surface area (Å²) in [5, 5.41) is 0. The summed E-state index contributed by atoms with van der Waals surface area (Å²) in [6, 6.07) is 5.95. The second kappa shape index (κ2) is 8.58. The van der Waals surface area contributed by atoms with Crippen LogP contribution in [0.25, 0.3) is 0 Å². The molecule has 1 atom stereocenters. The van der Waals surface area contributed by atoms with Crippen molar-refractivity contribution >= 4 is 18.3 Å². The van der Waals surface area contributed by atoms with Gasteiger partial charge in [-0.3, -0.25) is 4.79 Å². The summed E-state index contributed by atoms with van der Waals surface area (Å²) in [6.07, 6.45) is 2.07. The second-order valence-corrected chi connectivity index (χ2v) is 6.89. The lowest BCUT2D eigenvalue weighted by atomic mass is 9.79. The van der Waals surface area contributed by atoms with Crippen molar-refractivity contribution in [1.82, 2.24) is 4.90 Å². The van der Waals surface area contributed by atoms with Gasteiger partial charge in [-0.05, 0) is 36.0 Å². The summed E-state index contributed by atoms with van der Waals surface area (Å²) in [7, 11) is 3.23. The van der Waals surface area contributed by atoms with E-state index < -0.39 is 0 Å². The third-order valence-corrected chi connectivity index (χ3v) is 4.74. The smallest absolute Gasteiger partial charge is 0.222 e. The summed E-state index contributed by atoms with van der Waals surface area (Å²) in [4.78, 5) is 14.4. The van der Waals surface area contributed by atoms with Gasteiger partial charge in [-0.15, -0.1) is 12.4 Å². The molecule has 1 amide bonds. The Kier molecular flexibility index (Phi) is 7.36. The van der Waals surface area contributed by atoms with Crippen LogP contribution in [-0.2, 0) is 11.2 Å². The van der Waals surface area contributed by atoms with Crippen molar-refractivity contribution in [1.29, 1.82) is 0 Å². The van der Waals surface area contributed by atoms with Crippen molar-refractivity contribution in [2.24, 2.45) is 11.1 Å². The molecule has 136 valence electrons. The molecule has 5 nitrogen and oxygen atoms in total. The molecule has 0 spiro atoms. The van der Waals surface area contributed by atoms with Gasteiger partial charge in [-0.1, -0.05) is 19.9 Å². The number of piperidine rings is 1. The SMILES string of the molecule is COc1ccc(CCC(=O)N2CCC(N)C(C)(C)C2)cc1OC.Cl. The molecule has 1 heterocycles. The van der Waals surface area contributed by atoms with E-state index in [4.69, 9.17) is 15.2 Å². The summed E-state index contributed by atoms with van der Waals surface area (Å²) in [5.41, 5.74) is 7.19. The molecule has 0 radical (unpaired) electrons. The summed E-state index contributed by atoms with van der Waals surface area (Å²) in [5.74, 6) is 1.59. The standard InChI is InChI=1S/C18H28N2O3.ClH/c1-18(2)12-20(10-9-16(18)19)17(21)8-6-13-5-7-14(22-3)15(11-13)23-4;/h5,7,11,16H,6,8-10,12,19H2,1-4H3;1H. The van der Waals surface area contributed by atoms with Crippen LogP contribution in [0.1, 0.15) is 32.3 Å². The van der Waals surface area contributed by atoms with Gasteiger partial charge in [0.15, 0.2) is 11.5 Å². The molecule has 0 aromatic heterocycles. The highest BCUT2D eigenvalue weighted by Gasteiger charge is 2.35. The molecular weight excluding hydrogens is 328 g/mol. The number of benzene rings is 1. The van der Waals surface area contributed by atoms with Gasteiger partial charge in [0.05, 0.1) is 14.2 Å². The Bertz CT molecular complexity index is 563. The van der Waals surface area contributed by atoms with Gasteiger partial charge < -0.3 is 20.1 Å². The van der Waals surface area contributed by atoms with Gasteiger partial charge in [0.1, 0.15) is 0 Å². The minimum atomic E-state index is -0.0166. The molecule has 0 bridgehead atoms. The third kappa shape index (κ3) is 4.77. The molecule has 0 saturated carbocycles. The van der Waals surface area contributed by atoms with E-state index in [0.717, 1.165) is 25.1 Å². The van der Waals surface area contributed by atoms with E-state index in [0.29, 0.717) is 24.3 Å². The first-order valence-corrected chi connectivity index (χ1v) is 8.11. The van der Waals surface area contributed by atoms with Crippen LogP contribution < -0.4 is 15.2 Å². The number of hydrogen-bond acceptors (Lipinski definition) is 4. The van der Waals surface area contributed by atoms with Crippen molar-refractivity contribution in [3.05, 3.63) is 23.8 Å². The number of hydrogen-bond donors (Lipinski definition) is 1. The molecule has 1 fully saturated rings. The largest absolute Gasteiger partial charge is 0.493 e. The Morgan fingerprint density at radius 3 is 2.54 bits per heavy atom. The van der Waals surface area contributed by atoms with Crippen molar-refractivity contribution in [3.8, 4) is 11.5 Å². The Balaban J connectivity index is 0.00000288. The fraction of sp³-hybridized carbons (Fsp3) is 0.611. The van der Waals surface area contributed by atoms with Crippen LogP contribution in [0.15, 0.2) is 18.2 Å². The number of rotatable bonds is 5. The van der Waals surface area contributed by atoms with Crippen molar-refractivity contribution in [2.45, 2.75) is 39.2 Å². The first kappa shape index (κ1) is 20.6. The van der Waals surface area contributed by atoms with Gasteiger partial charge >= 0.3 is 0 Å². The van der Waals surface area contributed by atoms with E-state index in [2.05, 4.69) is 13.8 Å². The van der Waals surface area contributed by atoms with Crippen LogP contribution >= 0.6 is 12.4 Å². The summed E-state index contributed by atoms with van der Waals surface area (Å²) >= 11 is 0. The van der Waals surface area contributed by atoms with Crippen LogP contribution in [0.4, 0.5) is 0 Å². The van der Waals surface area contributed by atoms with Gasteiger partial charge in [0.2, 0.25) is 5.91 Å². The number of halogens is 1. The first-order chi connectivity index (χ1) is 10.9. The van der Waals surface area contributed by atoms with E-state index in [-0.39, 0.29) is 29.8 Å². The fourth-order valence-corrected chi connectivity index (χ4v) is 3.03. The van der Waals surface area contributed by atoms with Crippen molar-refractivity contribution in [3.63, 3.8) is 0 Å². The van der Waals surface area contributed by atoms with Crippen LogP contribution in [0.2, 0.25) is 0 Å². The summed E-state index contributed by atoms with van der Waals surface area (Å²) < 4.78 is 10.5. The van der Waals surface area contributed by atoms with E-state index in [1.54, 1.807) is 14.2 Å². The highest BCUT2D eigenvalue weighted by Crippen LogP contribution is 2.29. The van der Waals surface area contributed by atoms with E-state index in [9.17, 15) is 4.79 Å². The number of carbonyl (C=O) groups is 1. The molecule has 0 aliphatic carbocycles. The number of ether oxygens (including phenoxy) is 2. The Morgan fingerprint density at radius 2 is 1.96 bits per heavy atom. The Morgan fingerprint density at radius 1 is 1.29 bits per heavy atom. The number of methoxy groups -OCH3 is 2. The molecule has 1 aromatic carbocycles. The normalized spacial score (nSPS) is 19.4. The average Bonchev–Trinajstić information content (AvgIpc) is 2.54. The van der Waals surface area contributed by atoms with Gasteiger partial charge in [-0.25, -0.2) is 0 Å². The number of nitrogens with zero attached hydrogens (tertiary/aromatic N) is 1. The lowest BCUT2D eigenvalue weighted by molar-refractivity contribution is -0.134. The van der Waals surface area contributed by atoms with Crippen LogP contribution in [0, 0.1) is 5.41 Å². The topological polar surface area (TPSA) is 64.8 Å². The molecule has 1 aromatic rings. The maximum absolute atomic E-state index is 12.5. The maximum Gasteiger partial charge on any atom is 0.222 e. The highest BCUT2D eigenvalue weighted by atomic mass is 35.5. The minimum absolute atomic E-state index is 0. The molecule has 1 aliphatic heterocycles. The van der Waals surface area contributed by atoms with E-state index >= 15 is 0 Å². The summed E-state index contributed by atoms with van der Waals surface area (Å²) in [6.45, 7) is 5.76. The molecule has 2 N–H and O–H groups in total. The minimum Gasteiger partial charge on any atom is -0.493 e. The Hall–Kier alpha value is -1.46. The van der Waals surface area contributed by atoms with Crippen molar-refractivity contribution in [2.75, 3.05) is 27.3 Å². The number of amides is 1. The Labute approximate surface area is 150 Å². The van der Waals surface area contributed by atoms with Gasteiger partial charge in [0.25, 0.3) is 0 Å². The zero-order chi connectivity index (χ0) is 17.0. The van der Waals surface area contributed by atoms with Crippen LogP contribution in [0.5, 0.6) is 11.5 Å². The zero-order valence-electron chi connectivity index (χ0n) is 15.0. The lowest BCUT2D eigenvalue weighted by Gasteiger charge is -2.42. The monoisotopic (exact) mass is 356 g/mol. The molecule has 2 rings (SSSR count). The number of aryl methyl sites for hydroxylation is 1. The van der Waals surface area contributed by atoms with Gasteiger partial charge in [-0.2, -0.15) is 0 Å². The van der Waals surface area contributed by atoms with Crippen LogP contribution in [-0.4, -0.2) is 44.2 Å². The predicted molar refractivity (Wildman–Crippen MR) is 98.1 cm³/mol. The molecule has 1 saturated heterocycles. The van der Waals surface area contributed by atoms with Crippen LogP contribution in [0.3, 0.4) is 0 Å². The predicted octanol–water partition coefficient (Wildman–Crippen LogP) is 2.64.